The summed E-state index contributed by atoms with van der Waals surface area (Å²) in [4.78, 5) is 0. The molecular weight excluding hydrogens is 449 g/mol. The van der Waals surface area contributed by atoms with Gasteiger partial charge in [0.15, 0.2) is 0 Å². The van der Waals surface area contributed by atoms with Crippen LogP contribution >= 0.6 is 0 Å². The summed E-state index contributed by atoms with van der Waals surface area (Å²) >= 11 is 0. The number of hydrogen-bond acceptors (Lipinski definition) is 2. The molecule has 2 aliphatic heterocycles. The van der Waals surface area contributed by atoms with Gasteiger partial charge in [0.2, 0.25) is 0 Å². The molecule has 2 saturated heterocycles. The molecule has 3 atom stereocenters. The summed E-state index contributed by atoms with van der Waals surface area (Å²) in [6.07, 6.45) is 31.1. The van der Waals surface area contributed by atoms with Crippen molar-refractivity contribution in [3.8, 4) is 0 Å². The van der Waals surface area contributed by atoms with E-state index in [1.54, 1.807) is 0 Å². The van der Waals surface area contributed by atoms with Gasteiger partial charge in [-0.1, -0.05) is 130 Å². The van der Waals surface area contributed by atoms with Gasteiger partial charge >= 0.3 is 0 Å². The van der Waals surface area contributed by atoms with E-state index in [2.05, 4.69) is 13.5 Å². The Balaban J connectivity index is 0.00000578. The van der Waals surface area contributed by atoms with E-state index in [0.29, 0.717) is 0 Å². The van der Waals surface area contributed by atoms with Crippen LogP contribution in [0.25, 0.3) is 0 Å². The quantitative estimate of drug-likeness (QED) is 0.128. The molecule has 204 valence electrons. The standard InChI is InChI=1S/C29H60O2Si2.CH4/c1-3-4-5-6-7-8-9-10-11-12-13-14-15-16-17-22-27-33(2)29(24-19-21-26-31-29)28(32)23-18-20-25-30-28;/h33H,3-27H2,1-2,32H3;1H4. The molecule has 0 spiro atoms. The molecule has 3 unspecified atom stereocenters. The highest BCUT2D eigenvalue weighted by molar-refractivity contribution is 6.62. The van der Waals surface area contributed by atoms with Crippen molar-refractivity contribution in [2.24, 2.45) is 0 Å². The molecule has 2 rings (SSSR count). The minimum atomic E-state index is -0.965. The fraction of sp³-hybridized carbons (Fsp3) is 1.00. The van der Waals surface area contributed by atoms with Gasteiger partial charge in [-0.05, 0) is 38.5 Å². The molecule has 0 aromatic carbocycles. The summed E-state index contributed by atoms with van der Waals surface area (Å²) in [6, 6.07) is 1.46. The van der Waals surface area contributed by atoms with Crippen LogP contribution in [0.15, 0.2) is 0 Å². The SMILES string of the molecule is C.CCCCCCCCCCCCCCCCCC[SiH](C)C1(C2([SiH3])CCCCO2)CCCCO1. The van der Waals surface area contributed by atoms with Crippen LogP contribution in [0.3, 0.4) is 0 Å². The minimum Gasteiger partial charge on any atom is -0.377 e. The smallest absolute Gasteiger partial charge is 0.0793 e. The molecule has 2 nitrogen and oxygen atoms in total. The van der Waals surface area contributed by atoms with Crippen molar-refractivity contribution in [1.29, 1.82) is 0 Å². The van der Waals surface area contributed by atoms with Crippen molar-refractivity contribution in [3.05, 3.63) is 0 Å². The first-order chi connectivity index (χ1) is 16.1. The zero-order valence-corrected chi connectivity index (χ0v) is 26.2. The van der Waals surface area contributed by atoms with Crippen molar-refractivity contribution in [1.82, 2.24) is 0 Å². The lowest BCUT2D eigenvalue weighted by Gasteiger charge is -2.55. The van der Waals surface area contributed by atoms with E-state index >= 15 is 0 Å². The van der Waals surface area contributed by atoms with E-state index in [-0.39, 0.29) is 17.9 Å². The van der Waals surface area contributed by atoms with Gasteiger partial charge in [-0.3, -0.25) is 0 Å². The predicted molar refractivity (Wildman–Crippen MR) is 159 cm³/mol. The lowest BCUT2D eigenvalue weighted by atomic mass is 9.96. The maximum Gasteiger partial charge on any atom is 0.0793 e. The third-order valence-electron chi connectivity index (χ3n) is 8.95. The van der Waals surface area contributed by atoms with E-state index in [1.807, 2.05) is 0 Å². The van der Waals surface area contributed by atoms with Crippen LogP contribution in [-0.4, -0.2) is 42.7 Å². The van der Waals surface area contributed by atoms with Crippen LogP contribution in [-0.2, 0) is 9.47 Å². The number of rotatable bonds is 19. The Labute approximate surface area is 220 Å². The van der Waals surface area contributed by atoms with Gasteiger partial charge in [-0.25, -0.2) is 0 Å². The summed E-state index contributed by atoms with van der Waals surface area (Å²) in [7, 11) is 0.176. The molecule has 0 aromatic heterocycles. The Hall–Kier alpha value is 0.354. The number of hydrogen-bond donors (Lipinski definition) is 0. The summed E-state index contributed by atoms with van der Waals surface area (Å²) in [5, 5.41) is 0.291. The summed E-state index contributed by atoms with van der Waals surface area (Å²) < 4.78 is 13.3. The van der Waals surface area contributed by atoms with Crippen molar-refractivity contribution in [3.63, 3.8) is 0 Å². The molecule has 4 heteroatoms. The van der Waals surface area contributed by atoms with Gasteiger partial charge in [0, 0.05) is 23.5 Å². The second-order valence-corrected chi connectivity index (χ2v) is 16.7. The molecule has 34 heavy (non-hydrogen) atoms. The summed E-state index contributed by atoms with van der Waals surface area (Å²) in [5.74, 6) is 0. The number of unbranched alkanes of at least 4 members (excludes halogenated alkanes) is 15. The first-order valence-electron chi connectivity index (χ1n) is 15.4. The maximum absolute atomic E-state index is 6.72. The molecule has 0 N–H and O–H groups in total. The van der Waals surface area contributed by atoms with Crippen molar-refractivity contribution in [2.75, 3.05) is 13.2 Å². The molecule has 2 heterocycles. The van der Waals surface area contributed by atoms with Crippen LogP contribution in [0.5, 0.6) is 0 Å². The molecule has 0 aromatic rings. The highest BCUT2D eigenvalue weighted by atomic mass is 28.3. The highest BCUT2D eigenvalue weighted by Gasteiger charge is 2.54. The van der Waals surface area contributed by atoms with Gasteiger partial charge in [0.05, 0.1) is 19.2 Å². The third kappa shape index (κ3) is 11.2. The van der Waals surface area contributed by atoms with Gasteiger partial charge in [0.25, 0.3) is 0 Å². The van der Waals surface area contributed by atoms with Crippen LogP contribution in [0, 0.1) is 0 Å². The lowest BCUT2D eigenvalue weighted by molar-refractivity contribution is -0.161. The normalized spacial score (nSPS) is 26.3. The van der Waals surface area contributed by atoms with Gasteiger partial charge < -0.3 is 9.47 Å². The predicted octanol–water partition coefficient (Wildman–Crippen LogP) is 8.48. The second-order valence-electron chi connectivity index (χ2n) is 11.7. The molecule has 2 fully saturated rings. The average Bonchev–Trinajstić information content (AvgIpc) is 2.84. The number of ether oxygens (including phenoxy) is 2. The van der Waals surface area contributed by atoms with E-state index in [0.717, 1.165) is 23.5 Å². The van der Waals surface area contributed by atoms with Gasteiger partial charge in [-0.2, -0.15) is 0 Å². The molecule has 2 aliphatic rings. The van der Waals surface area contributed by atoms with Crippen molar-refractivity contribution < 1.29 is 9.47 Å². The Morgan fingerprint density at radius 1 is 0.618 bits per heavy atom. The van der Waals surface area contributed by atoms with Crippen molar-refractivity contribution in [2.45, 2.75) is 179 Å². The fourth-order valence-electron chi connectivity index (χ4n) is 6.64. The summed E-state index contributed by atoms with van der Waals surface area (Å²) in [5.41, 5.74) is 0. The highest BCUT2D eigenvalue weighted by Crippen LogP contribution is 2.43. The van der Waals surface area contributed by atoms with Crippen LogP contribution < -0.4 is 0 Å². The molecule has 0 saturated carbocycles. The molecule has 0 radical (unpaired) electrons. The Bertz CT molecular complexity index is 459. The van der Waals surface area contributed by atoms with Gasteiger partial charge in [0.1, 0.15) is 0 Å². The van der Waals surface area contributed by atoms with Crippen LogP contribution in [0.4, 0.5) is 0 Å². The van der Waals surface area contributed by atoms with E-state index in [4.69, 9.17) is 9.47 Å². The zero-order valence-electron chi connectivity index (χ0n) is 23.1. The Morgan fingerprint density at radius 3 is 1.47 bits per heavy atom. The second kappa shape index (κ2) is 19.5. The topological polar surface area (TPSA) is 18.5 Å². The van der Waals surface area contributed by atoms with Crippen LogP contribution in [0.2, 0.25) is 12.6 Å². The van der Waals surface area contributed by atoms with Crippen molar-refractivity contribution >= 4 is 19.0 Å². The first kappa shape index (κ1) is 32.4. The fourth-order valence-corrected chi connectivity index (χ4v) is 12.8. The Kier molecular flexibility index (Phi) is 18.5. The van der Waals surface area contributed by atoms with Gasteiger partial charge in [-0.15, -0.1) is 0 Å². The minimum absolute atomic E-state index is 0. The maximum atomic E-state index is 6.72. The lowest BCUT2D eigenvalue weighted by Crippen LogP contribution is -2.67. The largest absolute Gasteiger partial charge is 0.377 e. The molecule has 0 bridgehead atoms. The monoisotopic (exact) mass is 512 g/mol. The first-order valence-corrected chi connectivity index (χ1v) is 19.0. The third-order valence-corrected chi connectivity index (χ3v) is 15.1. The van der Waals surface area contributed by atoms with Crippen LogP contribution in [0.1, 0.15) is 156 Å². The zero-order chi connectivity index (χ0) is 23.7. The molecule has 0 aliphatic carbocycles. The van der Waals surface area contributed by atoms with E-state index in [9.17, 15) is 0 Å². The summed E-state index contributed by atoms with van der Waals surface area (Å²) in [6.45, 7) is 6.89. The Morgan fingerprint density at radius 2 is 1.06 bits per heavy atom. The molecule has 0 amide bonds. The van der Waals surface area contributed by atoms with E-state index in [1.165, 1.54) is 147 Å². The average molecular weight is 513 g/mol. The molecular formula is C30H64O2Si2. The van der Waals surface area contributed by atoms with E-state index < -0.39 is 8.80 Å².